The number of carbonyl (C=O) groups excluding carboxylic acids is 1. The molecule has 0 aliphatic carbocycles. The summed E-state index contributed by atoms with van der Waals surface area (Å²) in [5.41, 5.74) is 5.34. The van der Waals surface area contributed by atoms with Crippen LogP contribution in [0.5, 0.6) is 0 Å². The molecule has 0 radical (unpaired) electrons. The molecule has 0 fully saturated rings. The Morgan fingerprint density at radius 1 is 1.09 bits per heavy atom. The number of aliphatic carboxylic acids is 1. The second kappa shape index (κ2) is 10.4. The lowest BCUT2D eigenvalue weighted by atomic mass is 9.91. The molecule has 0 aliphatic rings. The van der Waals surface area contributed by atoms with E-state index in [-0.39, 0.29) is 29.4 Å². The van der Waals surface area contributed by atoms with Crippen LogP contribution in [0.1, 0.15) is 36.2 Å². The van der Waals surface area contributed by atoms with Crippen LogP contribution in [-0.2, 0) is 11.2 Å². The highest BCUT2D eigenvalue weighted by molar-refractivity contribution is 6.03. The van der Waals surface area contributed by atoms with Gasteiger partial charge < -0.3 is 16.2 Å². The van der Waals surface area contributed by atoms with Crippen molar-refractivity contribution in [3.8, 4) is 0 Å². The Morgan fingerprint density at radius 3 is 2.31 bits per heavy atom. The van der Waals surface area contributed by atoms with E-state index in [1.54, 1.807) is 24.3 Å². The molecule has 2 aromatic carbocycles. The topological polar surface area (TPSA) is 179 Å². The summed E-state index contributed by atoms with van der Waals surface area (Å²) in [6.07, 6.45) is 0.246. The van der Waals surface area contributed by atoms with Crippen LogP contribution in [0, 0.1) is 26.1 Å². The normalized spacial score (nSPS) is 12.8. The van der Waals surface area contributed by atoms with Crippen LogP contribution in [0.3, 0.4) is 0 Å². The molecule has 0 unspecified atom stereocenters. The lowest BCUT2D eigenvalue weighted by molar-refractivity contribution is -0.393. The van der Waals surface area contributed by atoms with E-state index in [1.807, 2.05) is 13.8 Å². The maximum absolute atomic E-state index is 13.4. The summed E-state index contributed by atoms with van der Waals surface area (Å²) in [7, 11) is 0. The van der Waals surface area contributed by atoms with Crippen LogP contribution in [0.2, 0.25) is 0 Å². The fourth-order valence-electron chi connectivity index (χ4n) is 3.25. The van der Waals surface area contributed by atoms with Crippen LogP contribution >= 0.6 is 0 Å². The molecular formula is C21H24N4O7. The van der Waals surface area contributed by atoms with Crippen LogP contribution < -0.4 is 11.1 Å². The Hall–Kier alpha value is -3.86. The van der Waals surface area contributed by atoms with Gasteiger partial charge in [0, 0.05) is 11.6 Å². The van der Waals surface area contributed by atoms with E-state index in [9.17, 15) is 29.8 Å². The molecule has 11 nitrogen and oxygen atoms in total. The van der Waals surface area contributed by atoms with E-state index in [1.165, 1.54) is 6.07 Å². The molecule has 170 valence electrons. The number of carboxylic acid groups (broad SMARTS) is 1. The monoisotopic (exact) mass is 444 g/mol. The molecular weight excluding hydrogens is 420 g/mol. The number of ketones is 1. The summed E-state index contributed by atoms with van der Waals surface area (Å²) in [5.74, 6) is -1.56. The van der Waals surface area contributed by atoms with Gasteiger partial charge >= 0.3 is 5.97 Å². The van der Waals surface area contributed by atoms with Crippen molar-refractivity contribution in [2.75, 3.05) is 5.32 Å². The fraction of sp³-hybridized carbons (Fsp3) is 0.333. The Labute approximate surface area is 183 Å². The Morgan fingerprint density at radius 2 is 1.75 bits per heavy atom. The van der Waals surface area contributed by atoms with Crippen molar-refractivity contribution in [1.82, 2.24) is 0 Å². The van der Waals surface area contributed by atoms with Gasteiger partial charge in [-0.2, -0.15) is 0 Å². The first-order valence-electron chi connectivity index (χ1n) is 9.81. The number of benzene rings is 2. The van der Waals surface area contributed by atoms with Crippen molar-refractivity contribution in [3.05, 3.63) is 73.8 Å². The molecule has 2 aromatic rings. The second-order valence-electron chi connectivity index (χ2n) is 7.71. The largest absolute Gasteiger partial charge is 0.480 e. The maximum atomic E-state index is 13.4. The van der Waals surface area contributed by atoms with Crippen molar-refractivity contribution in [3.63, 3.8) is 0 Å². The van der Waals surface area contributed by atoms with Gasteiger partial charge in [-0.05, 0) is 30.4 Å². The molecule has 0 saturated carbocycles. The predicted molar refractivity (Wildman–Crippen MR) is 117 cm³/mol. The third-order valence-electron chi connectivity index (χ3n) is 4.78. The minimum Gasteiger partial charge on any atom is -0.480 e. The molecule has 11 heteroatoms. The minimum atomic E-state index is -1.20. The molecule has 32 heavy (non-hydrogen) atoms. The van der Waals surface area contributed by atoms with Crippen molar-refractivity contribution >= 4 is 28.8 Å². The highest BCUT2D eigenvalue weighted by Crippen LogP contribution is 2.31. The van der Waals surface area contributed by atoms with Crippen molar-refractivity contribution < 1.29 is 24.5 Å². The van der Waals surface area contributed by atoms with E-state index in [0.717, 1.165) is 12.1 Å². The smallest absolute Gasteiger partial charge is 0.320 e. The van der Waals surface area contributed by atoms with Gasteiger partial charge in [-0.25, -0.2) is 0 Å². The van der Waals surface area contributed by atoms with Crippen molar-refractivity contribution in [2.24, 2.45) is 11.7 Å². The molecule has 0 spiro atoms. The standard InChI is InChI=1S/C21H24N4O7/c1-12(2)9-18(23-17-8-7-14(24(29)30)11-19(17)25(31)32)20(26)15-6-4-3-5-13(15)10-16(22)21(27)28/h3-8,11-12,16,18,23H,9-10,22H2,1-2H3,(H,27,28)/t16-,18-/m0/s1. The number of rotatable bonds is 11. The van der Waals surface area contributed by atoms with E-state index in [0.29, 0.717) is 12.0 Å². The zero-order valence-corrected chi connectivity index (χ0v) is 17.6. The van der Waals surface area contributed by atoms with E-state index in [2.05, 4.69) is 5.32 Å². The SMILES string of the molecule is CC(C)C[C@H](Nc1ccc([N+](=O)[O-])cc1[N+](=O)[O-])C(=O)c1ccccc1C[C@H](N)C(=O)O. The molecule has 0 amide bonds. The Kier molecular flexibility index (Phi) is 7.97. The van der Waals surface area contributed by atoms with Gasteiger partial charge in [-0.15, -0.1) is 0 Å². The lowest BCUT2D eigenvalue weighted by Gasteiger charge is -2.22. The maximum Gasteiger partial charge on any atom is 0.320 e. The zero-order chi connectivity index (χ0) is 24.0. The van der Waals surface area contributed by atoms with E-state index >= 15 is 0 Å². The highest BCUT2D eigenvalue weighted by atomic mass is 16.6. The first-order chi connectivity index (χ1) is 15.0. The number of nitrogens with zero attached hydrogens (tertiary/aromatic N) is 2. The average molecular weight is 444 g/mol. The highest BCUT2D eigenvalue weighted by Gasteiger charge is 2.28. The summed E-state index contributed by atoms with van der Waals surface area (Å²) in [6, 6.07) is 7.50. The molecule has 0 heterocycles. The molecule has 0 aromatic heterocycles. The molecule has 0 saturated heterocycles. The summed E-state index contributed by atoms with van der Waals surface area (Å²) in [4.78, 5) is 45.5. The van der Waals surface area contributed by atoms with Gasteiger partial charge in [0.1, 0.15) is 11.7 Å². The third-order valence-corrected chi connectivity index (χ3v) is 4.78. The zero-order valence-electron chi connectivity index (χ0n) is 17.6. The Bertz CT molecular complexity index is 1040. The van der Waals surface area contributed by atoms with Crippen LogP contribution in [-0.4, -0.2) is 38.8 Å². The number of Topliss-reactive ketones (excluding diaryl/α,β-unsaturated/α-hetero) is 1. The predicted octanol–water partition coefficient (Wildman–Crippen LogP) is 3.17. The van der Waals surface area contributed by atoms with Crippen molar-refractivity contribution in [1.29, 1.82) is 0 Å². The molecule has 0 aliphatic heterocycles. The quantitative estimate of drug-likeness (QED) is 0.266. The number of nitro groups is 2. The summed E-state index contributed by atoms with van der Waals surface area (Å²) >= 11 is 0. The summed E-state index contributed by atoms with van der Waals surface area (Å²) in [6.45, 7) is 3.75. The summed E-state index contributed by atoms with van der Waals surface area (Å²) in [5, 5.41) is 34.4. The number of anilines is 1. The number of nitrogens with one attached hydrogen (secondary N) is 1. The molecule has 2 rings (SSSR count). The number of hydrogen-bond donors (Lipinski definition) is 3. The second-order valence-corrected chi connectivity index (χ2v) is 7.71. The van der Waals surface area contributed by atoms with E-state index < -0.39 is 39.3 Å². The van der Waals surface area contributed by atoms with Crippen LogP contribution in [0.4, 0.5) is 17.1 Å². The fourth-order valence-corrected chi connectivity index (χ4v) is 3.25. The number of non-ortho nitro benzene ring substituents is 1. The minimum absolute atomic E-state index is 0.0284. The van der Waals surface area contributed by atoms with Gasteiger partial charge in [-0.1, -0.05) is 38.1 Å². The van der Waals surface area contributed by atoms with Gasteiger partial charge in [0.15, 0.2) is 5.78 Å². The first-order valence-corrected chi connectivity index (χ1v) is 9.81. The number of nitro benzene ring substituents is 2. The third kappa shape index (κ3) is 6.08. The van der Waals surface area contributed by atoms with Gasteiger partial charge in [0.05, 0.1) is 22.0 Å². The molecule has 2 atom stereocenters. The average Bonchev–Trinajstić information content (AvgIpc) is 2.72. The number of hydrogen-bond acceptors (Lipinski definition) is 8. The van der Waals surface area contributed by atoms with E-state index in [4.69, 9.17) is 10.8 Å². The molecule has 0 bridgehead atoms. The van der Waals surface area contributed by atoms with Gasteiger partial charge in [0.25, 0.3) is 11.4 Å². The lowest BCUT2D eigenvalue weighted by Crippen LogP contribution is -2.35. The van der Waals surface area contributed by atoms with Crippen molar-refractivity contribution in [2.45, 2.75) is 38.8 Å². The summed E-state index contributed by atoms with van der Waals surface area (Å²) < 4.78 is 0. The first kappa shape index (κ1) is 24.4. The number of carbonyl (C=O) groups is 2. The van der Waals surface area contributed by atoms with Gasteiger partial charge in [0.2, 0.25) is 0 Å². The Balaban J connectivity index is 2.44. The molecule has 4 N–H and O–H groups in total. The van der Waals surface area contributed by atoms with Crippen LogP contribution in [0.25, 0.3) is 0 Å². The number of nitrogens with two attached hydrogens (primary N) is 1. The van der Waals surface area contributed by atoms with Crippen LogP contribution in [0.15, 0.2) is 42.5 Å². The number of carboxylic acids is 1. The van der Waals surface area contributed by atoms with Gasteiger partial charge in [-0.3, -0.25) is 29.8 Å².